The number of piperazine rings is 1. The molecule has 0 bridgehead atoms. The Bertz CT molecular complexity index is 756. The number of hydrogen-bond donors (Lipinski definition) is 0. The summed E-state index contributed by atoms with van der Waals surface area (Å²) in [5.74, 6) is 1.34. The Labute approximate surface area is 167 Å². The van der Waals surface area contributed by atoms with E-state index >= 15 is 0 Å². The number of carbonyl (C=O) groups is 1. The van der Waals surface area contributed by atoms with Gasteiger partial charge in [-0.2, -0.15) is 0 Å². The summed E-state index contributed by atoms with van der Waals surface area (Å²) in [6, 6.07) is 16.0. The second-order valence-corrected chi connectivity index (χ2v) is 7.14. The first-order chi connectivity index (χ1) is 13.7. The number of benzene rings is 2. The molecule has 0 N–H and O–H groups in total. The molecular formula is C23H30N2O3. The molecule has 2 aromatic rings. The van der Waals surface area contributed by atoms with Gasteiger partial charge in [0.2, 0.25) is 0 Å². The molecule has 1 aliphatic heterocycles. The van der Waals surface area contributed by atoms with Gasteiger partial charge in [0.05, 0.1) is 13.7 Å². The average Bonchev–Trinajstić information content (AvgIpc) is 2.74. The zero-order valence-electron chi connectivity index (χ0n) is 16.9. The summed E-state index contributed by atoms with van der Waals surface area (Å²) in [5.41, 5.74) is 1.96. The number of methoxy groups -OCH3 is 1. The highest BCUT2D eigenvalue weighted by Crippen LogP contribution is 2.28. The van der Waals surface area contributed by atoms with Crippen molar-refractivity contribution in [3.05, 3.63) is 54.1 Å². The molecule has 0 spiro atoms. The fraction of sp³-hybridized carbons (Fsp3) is 0.435. The van der Waals surface area contributed by atoms with Crippen LogP contribution >= 0.6 is 0 Å². The average molecular weight is 383 g/mol. The Balaban J connectivity index is 1.35. The van der Waals surface area contributed by atoms with Gasteiger partial charge in [0.1, 0.15) is 0 Å². The van der Waals surface area contributed by atoms with E-state index in [4.69, 9.17) is 9.47 Å². The molecule has 1 saturated heterocycles. The van der Waals surface area contributed by atoms with Gasteiger partial charge >= 0.3 is 0 Å². The van der Waals surface area contributed by atoms with Crippen molar-refractivity contribution in [3.8, 4) is 11.5 Å². The Morgan fingerprint density at radius 1 is 0.964 bits per heavy atom. The summed E-state index contributed by atoms with van der Waals surface area (Å²) < 4.78 is 11.2. The number of anilines is 1. The van der Waals surface area contributed by atoms with Gasteiger partial charge in [-0.05, 0) is 56.6 Å². The summed E-state index contributed by atoms with van der Waals surface area (Å²) in [4.78, 5) is 16.5. The number of hydrogen-bond acceptors (Lipinski definition) is 5. The van der Waals surface area contributed by atoms with Crippen LogP contribution in [0.3, 0.4) is 0 Å². The molecular weight excluding hydrogens is 352 g/mol. The normalized spacial score (nSPS) is 14.7. The minimum Gasteiger partial charge on any atom is -0.493 e. The van der Waals surface area contributed by atoms with Gasteiger partial charge in [-0.15, -0.1) is 0 Å². The largest absolute Gasteiger partial charge is 0.493 e. The van der Waals surface area contributed by atoms with Gasteiger partial charge in [0.15, 0.2) is 17.3 Å². The Morgan fingerprint density at radius 3 is 2.39 bits per heavy atom. The summed E-state index contributed by atoms with van der Waals surface area (Å²) in [7, 11) is 1.60. The van der Waals surface area contributed by atoms with Crippen molar-refractivity contribution in [2.45, 2.75) is 19.8 Å². The van der Waals surface area contributed by atoms with Crippen LogP contribution < -0.4 is 14.4 Å². The van der Waals surface area contributed by atoms with Crippen LogP contribution in [0.1, 0.15) is 30.1 Å². The van der Waals surface area contributed by atoms with E-state index in [1.54, 1.807) is 26.2 Å². The first-order valence-electron chi connectivity index (χ1n) is 10.0. The fourth-order valence-electron chi connectivity index (χ4n) is 3.49. The maximum atomic E-state index is 11.5. The van der Waals surface area contributed by atoms with E-state index in [1.807, 2.05) is 6.07 Å². The topological polar surface area (TPSA) is 42.0 Å². The SMILES string of the molecule is COc1cc(C(C)=O)ccc1OCCCCN1CCN(c2ccccc2)CC1. The molecule has 150 valence electrons. The van der Waals surface area contributed by atoms with Crippen molar-refractivity contribution in [1.29, 1.82) is 0 Å². The molecule has 5 heteroatoms. The minimum atomic E-state index is 0.0252. The Kier molecular flexibility index (Phi) is 7.31. The number of nitrogens with zero attached hydrogens (tertiary/aromatic N) is 2. The van der Waals surface area contributed by atoms with Gasteiger partial charge in [0.25, 0.3) is 0 Å². The number of rotatable bonds is 9. The van der Waals surface area contributed by atoms with Crippen LogP contribution in [0, 0.1) is 0 Å². The smallest absolute Gasteiger partial charge is 0.161 e. The van der Waals surface area contributed by atoms with Crippen molar-refractivity contribution < 1.29 is 14.3 Å². The third-order valence-electron chi connectivity index (χ3n) is 5.19. The van der Waals surface area contributed by atoms with Gasteiger partial charge in [-0.3, -0.25) is 9.69 Å². The van der Waals surface area contributed by atoms with Gasteiger partial charge in [0, 0.05) is 37.4 Å². The second-order valence-electron chi connectivity index (χ2n) is 7.14. The van der Waals surface area contributed by atoms with E-state index in [-0.39, 0.29) is 5.78 Å². The van der Waals surface area contributed by atoms with Crippen LogP contribution in [-0.4, -0.2) is 57.1 Å². The van der Waals surface area contributed by atoms with Crippen LogP contribution in [-0.2, 0) is 0 Å². The summed E-state index contributed by atoms with van der Waals surface area (Å²) in [5, 5.41) is 0. The van der Waals surface area contributed by atoms with E-state index in [2.05, 4.69) is 40.1 Å². The lowest BCUT2D eigenvalue weighted by molar-refractivity contribution is 0.101. The van der Waals surface area contributed by atoms with Crippen LogP contribution in [0.5, 0.6) is 11.5 Å². The van der Waals surface area contributed by atoms with Crippen LogP contribution in [0.15, 0.2) is 48.5 Å². The first-order valence-corrected chi connectivity index (χ1v) is 10.0. The highest BCUT2D eigenvalue weighted by Gasteiger charge is 2.16. The molecule has 0 aliphatic carbocycles. The quantitative estimate of drug-likeness (QED) is 0.486. The van der Waals surface area contributed by atoms with E-state index in [1.165, 1.54) is 5.69 Å². The zero-order valence-corrected chi connectivity index (χ0v) is 16.9. The van der Waals surface area contributed by atoms with Gasteiger partial charge in [-0.25, -0.2) is 0 Å². The van der Waals surface area contributed by atoms with Crippen LogP contribution in [0.2, 0.25) is 0 Å². The molecule has 1 fully saturated rings. The highest BCUT2D eigenvalue weighted by molar-refractivity contribution is 5.94. The van der Waals surface area contributed by atoms with Crippen molar-refractivity contribution in [2.75, 3.05) is 51.3 Å². The lowest BCUT2D eigenvalue weighted by atomic mass is 10.1. The fourth-order valence-corrected chi connectivity index (χ4v) is 3.49. The minimum absolute atomic E-state index is 0.0252. The molecule has 0 atom stereocenters. The van der Waals surface area contributed by atoms with Crippen molar-refractivity contribution >= 4 is 11.5 Å². The summed E-state index contributed by atoms with van der Waals surface area (Å²) in [6.45, 7) is 7.69. The van der Waals surface area contributed by atoms with E-state index in [0.29, 0.717) is 23.7 Å². The number of Topliss-reactive ketones (excluding diaryl/α,β-unsaturated/α-hetero) is 1. The molecule has 5 nitrogen and oxygen atoms in total. The molecule has 1 heterocycles. The molecule has 0 aromatic heterocycles. The highest BCUT2D eigenvalue weighted by atomic mass is 16.5. The predicted molar refractivity (Wildman–Crippen MR) is 113 cm³/mol. The van der Waals surface area contributed by atoms with E-state index in [9.17, 15) is 4.79 Å². The van der Waals surface area contributed by atoms with E-state index < -0.39 is 0 Å². The number of para-hydroxylation sites is 1. The lowest BCUT2D eigenvalue weighted by Gasteiger charge is -2.36. The van der Waals surface area contributed by atoms with Gasteiger partial charge in [-0.1, -0.05) is 18.2 Å². The van der Waals surface area contributed by atoms with Crippen LogP contribution in [0.4, 0.5) is 5.69 Å². The molecule has 28 heavy (non-hydrogen) atoms. The maximum absolute atomic E-state index is 11.5. The van der Waals surface area contributed by atoms with Crippen molar-refractivity contribution in [1.82, 2.24) is 4.90 Å². The number of carbonyl (C=O) groups excluding carboxylic acids is 1. The zero-order chi connectivity index (χ0) is 19.8. The Hall–Kier alpha value is -2.53. The van der Waals surface area contributed by atoms with Crippen LogP contribution in [0.25, 0.3) is 0 Å². The van der Waals surface area contributed by atoms with E-state index in [0.717, 1.165) is 45.6 Å². The van der Waals surface area contributed by atoms with Crippen molar-refractivity contribution in [3.63, 3.8) is 0 Å². The standard InChI is InChI=1S/C23H30N2O3/c1-19(26)20-10-11-22(23(18-20)27-2)28-17-7-6-12-24-13-15-25(16-14-24)21-8-4-3-5-9-21/h3-5,8-11,18H,6-7,12-17H2,1-2H3. The second kappa shape index (κ2) is 10.1. The first kappa shape index (κ1) is 20.2. The van der Waals surface area contributed by atoms with Crippen molar-refractivity contribution in [2.24, 2.45) is 0 Å². The molecule has 3 rings (SSSR count). The number of unbranched alkanes of at least 4 members (excludes halogenated alkanes) is 1. The molecule has 0 unspecified atom stereocenters. The lowest BCUT2D eigenvalue weighted by Crippen LogP contribution is -2.46. The molecule has 0 amide bonds. The number of ketones is 1. The molecule has 0 saturated carbocycles. The third-order valence-corrected chi connectivity index (χ3v) is 5.19. The molecule has 1 aliphatic rings. The molecule has 0 radical (unpaired) electrons. The monoisotopic (exact) mass is 382 g/mol. The third kappa shape index (κ3) is 5.49. The predicted octanol–water partition coefficient (Wildman–Crippen LogP) is 3.88. The summed E-state index contributed by atoms with van der Waals surface area (Å²) >= 11 is 0. The van der Waals surface area contributed by atoms with Gasteiger partial charge < -0.3 is 14.4 Å². The number of ether oxygens (including phenoxy) is 2. The summed E-state index contributed by atoms with van der Waals surface area (Å²) in [6.07, 6.45) is 2.11. The maximum Gasteiger partial charge on any atom is 0.161 e. The molecule has 2 aromatic carbocycles. The Morgan fingerprint density at radius 2 is 1.71 bits per heavy atom.